The Kier molecular flexibility index (Phi) is 5.65. The number of carbonyl (C=O) groups excluding carboxylic acids is 1. The number of ketones is 1. The lowest BCUT2D eigenvalue weighted by Gasteiger charge is -2.39. The summed E-state index contributed by atoms with van der Waals surface area (Å²) in [6, 6.07) is 6.34. The quantitative estimate of drug-likeness (QED) is 0.461. The predicted octanol–water partition coefficient (Wildman–Crippen LogP) is 1.34. The van der Waals surface area contributed by atoms with Crippen molar-refractivity contribution in [3.63, 3.8) is 0 Å². The molecule has 2 aromatic rings. The molecule has 1 aromatic carbocycles. The maximum Gasteiger partial charge on any atom is 0.229 e. The molecule has 0 saturated heterocycles. The molecule has 1 aliphatic heterocycles. The van der Waals surface area contributed by atoms with Gasteiger partial charge in [-0.05, 0) is 29.5 Å². The summed E-state index contributed by atoms with van der Waals surface area (Å²) < 4.78 is 1.55. The van der Waals surface area contributed by atoms with E-state index in [1.54, 1.807) is 28.8 Å². The van der Waals surface area contributed by atoms with Gasteiger partial charge in [0.2, 0.25) is 5.95 Å². The van der Waals surface area contributed by atoms with Gasteiger partial charge >= 0.3 is 0 Å². The van der Waals surface area contributed by atoms with Crippen molar-refractivity contribution in [2.45, 2.75) is 51.0 Å². The van der Waals surface area contributed by atoms with Crippen LogP contribution in [0.5, 0.6) is 0 Å². The molecule has 4 rings (SSSR count). The molecule has 1 unspecified atom stereocenters. The van der Waals surface area contributed by atoms with Crippen molar-refractivity contribution < 1.29 is 25.2 Å². The number of nitrogens with one attached hydrogen (secondary N) is 1. The number of anilines is 1. The lowest BCUT2D eigenvalue weighted by atomic mass is 9.73. The first kappa shape index (κ1) is 21.9. The maximum absolute atomic E-state index is 13.2. The molecular formula is C21H25ClN4O5. The largest absolute Gasteiger partial charge is 0.394 e. The summed E-state index contributed by atoms with van der Waals surface area (Å²) in [5.41, 5.74) is 1.80. The van der Waals surface area contributed by atoms with Crippen molar-refractivity contribution in [3.8, 4) is 0 Å². The molecule has 0 saturated carbocycles. The van der Waals surface area contributed by atoms with E-state index in [2.05, 4.69) is 15.5 Å². The fourth-order valence-electron chi connectivity index (χ4n) is 4.30. The third-order valence-corrected chi connectivity index (χ3v) is 6.04. The molecule has 10 heteroatoms. The molecule has 9 nitrogen and oxygen atoms in total. The number of aromatic nitrogens is 3. The molecule has 2 aliphatic rings. The highest BCUT2D eigenvalue weighted by Gasteiger charge is 2.43. The Balaban J connectivity index is 1.87. The number of fused-ring (bicyclic) bond motifs is 1. The molecule has 0 amide bonds. The fraction of sp³-hybridized carbons (Fsp3) is 0.476. The minimum Gasteiger partial charge on any atom is -0.394 e. The van der Waals surface area contributed by atoms with Crippen molar-refractivity contribution in [1.82, 2.24) is 14.8 Å². The number of nitrogens with zero attached hydrogens (tertiary/aromatic N) is 3. The van der Waals surface area contributed by atoms with E-state index in [0.29, 0.717) is 29.4 Å². The van der Waals surface area contributed by atoms with Crippen LogP contribution in [0, 0.1) is 5.41 Å². The van der Waals surface area contributed by atoms with Crippen molar-refractivity contribution in [2.24, 2.45) is 5.41 Å². The van der Waals surface area contributed by atoms with Gasteiger partial charge in [-0.3, -0.25) is 9.36 Å². The van der Waals surface area contributed by atoms with Gasteiger partial charge < -0.3 is 25.7 Å². The highest BCUT2D eigenvalue weighted by atomic mass is 35.5. The normalized spacial score (nSPS) is 22.9. The van der Waals surface area contributed by atoms with E-state index in [1.165, 1.54) is 0 Å². The van der Waals surface area contributed by atoms with Gasteiger partial charge in [0.05, 0.1) is 12.6 Å². The summed E-state index contributed by atoms with van der Waals surface area (Å²) in [7, 11) is 0. The predicted molar refractivity (Wildman–Crippen MR) is 112 cm³/mol. The number of carbonyl (C=O) groups is 1. The van der Waals surface area contributed by atoms with E-state index in [9.17, 15) is 20.1 Å². The van der Waals surface area contributed by atoms with E-state index in [0.717, 1.165) is 11.3 Å². The number of benzene rings is 1. The molecule has 0 radical (unpaired) electrons. The number of aliphatic hydroxyl groups excluding tert-OH is 4. The van der Waals surface area contributed by atoms with Crippen LogP contribution in [0.15, 0.2) is 35.5 Å². The standard InChI is InChI=1S/C21H25ClN4O5/c1-21(2)7-12-15(13(28)8-21)16(10-3-5-11(22)6-4-10)26-19(24-25-20(26)23-12)18(31)17(30)14(29)9-27/h3-6,14,16-18,27,29-31H,7-9H2,1-2H3,(H,23,25)/t14-,16?,17+,18-/m1/s1. The van der Waals surface area contributed by atoms with Gasteiger partial charge in [0.15, 0.2) is 11.6 Å². The summed E-state index contributed by atoms with van der Waals surface area (Å²) in [5, 5.41) is 51.7. The van der Waals surface area contributed by atoms with Crippen LogP contribution >= 0.6 is 11.6 Å². The number of aliphatic hydroxyl groups is 4. The molecule has 1 aromatic heterocycles. The van der Waals surface area contributed by atoms with Crippen LogP contribution in [0.4, 0.5) is 5.95 Å². The van der Waals surface area contributed by atoms with Crippen LogP contribution in [-0.2, 0) is 4.79 Å². The third kappa shape index (κ3) is 3.88. The summed E-state index contributed by atoms with van der Waals surface area (Å²) in [4.78, 5) is 13.2. The molecule has 1 aliphatic carbocycles. The number of halogens is 1. The molecule has 2 heterocycles. The average Bonchev–Trinajstić information content (AvgIpc) is 3.13. The van der Waals surface area contributed by atoms with Crippen LogP contribution in [-0.4, -0.2) is 59.8 Å². The lowest BCUT2D eigenvalue weighted by Crippen LogP contribution is -2.39. The first-order valence-corrected chi connectivity index (χ1v) is 10.4. The minimum atomic E-state index is -1.69. The SMILES string of the molecule is CC1(C)CC(=O)C2=C(C1)Nc1nnc([C@H](O)[C@@H](O)[C@H](O)CO)n1C2c1ccc(Cl)cc1. The second-order valence-corrected chi connectivity index (χ2v) is 9.29. The molecule has 166 valence electrons. The lowest BCUT2D eigenvalue weighted by molar-refractivity contribution is -0.118. The zero-order chi connectivity index (χ0) is 22.5. The Morgan fingerprint density at radius 1 is 1.19 bits per heavy atom. The molecular weight excluding hydrogens is 424 g/mol. The zero-order valence-corrected chi connectivity index (χ0v) is 17.9. The molecule has 5 N–H and O–H groups in total. The topological polar surface area (TPSA) is 141 Å². The Labute approximate surface area is 184 Å². The molecule has 0 fully saturated rings. The maximum atomic E-state index is 13.2. The first-order valence-electron chi connectivity index (χ1n) is 10.0. The smallest absolute Gasteiger partial charge is 0.229 e. The van der Waals surface area contributed by atoms with Gasteiger partial charge in [0.25, 0.3) is 0 Å². The van der Waals surface area contributed by atoms with Crippen LogP contribution in [0.2, 0.25) is 5.02 Å². The van der Waals surface area contributed by atoms with Crippen molar-refractivity contribution >= 4 is 23.3 Å². The number of hydrogen-bond acceptors (Lipinski definition) is 8. The van der Waals surface area contributed by atoms with Crippen molar-refractivity contribution in [3.05, 3.63) is 51.9 Å². The van der Waals surface area contributed by atoms with Crippen molar-refractivity contribution in [1.29, 1.82) is 0 Å². The van der Waals surface area contributed by atoms with E-state index in [4.69, 9.17) is 16.7 Å². The van der Waals surface area contributed by atoms with Gasteiger partial charge in [-0.15, -0.1) is 10.2 Å². The number of hydrogen-bond donors (Lipinski definition) is 5. The van der Waals surface area contributed by atoms with Gasteiger partial charge in [0.1, 0.15) is 18.3 Å². The first-order chi connectivity index (χ1) is 14.6. The molecule has 4 atom stereocenters. The number of allylic oxidation sites excluding steroid dienone is 2. The Bertz CT molecular complexity index is 1030. The summed E-state index contributed by atoms with van der Waals surface area (Å²) in [6.07, 6.45) is -3.91. The average molecular weight is 449 g/mol. The van der Waals surface area contributed by atoms with Gasteiger partial charge in [-0.2, -0.15) is 0 Å². The zero-order valence-electron chi connectivity index (χ0n) is 17.2. The molecule has 0 spiro atoms. The Hall–Kier alpha value is -2.30. The molecule has 0 bridgehead atoms. The molecule has 31 heavy (non-hydrogen) atoms. The van der Waals surface area contributed by atoms with Crippen molar-refractivity contribution in [2.75, 3.05) is 11.9 Å². The summed E-state index contributed by atoms with van der Waals surface area (Å²) in [6.45, 7) is 3.31. The van der Waals surface area contributed by atoms with Gasteiger partial charge in [0, 0.05) is 22.7 Å². The number of Topliss-reactive ketones (excluding diaryl/α,β-unsaturated/α-hetero) is 1. The summed E-state index contributed by atoms with van der Waals surface area (Å²) >= 11 is 6.06. The van der Waals surface area contributed by atoms with E-state index >= 15 is 0 Å². The minimum absolute atomic E-state index is 0.0329. The Morgan fingerprint density at radius 3 is 2.52 bits per heavy atom. The fourth-order valence-corrected chi connectivity index (χ4v) is 4.43. The van der Waals surface area contributed by atoms with Gasteiger partial charge in [-0.25, -0.2) is 0 Å². The van der Waals surface area contributed by atoms with Crippen LogP contribution in [0.1, 0.15) is 50.2 Å². The number of rotatable bonds is 5. The van der Waals surface area contributed by atoms with Crippen LogP contribution < -0.4 is 5.32 Å². The van der Waals surface area contributed by atoms with E-state index in [1.807, 2.05) is 13.8 Å². The van der Waals surface area contributed by atoms with Crippen LogP contribution in [0.3, 0.4) is 0 Å². The van der Waals surface area contributed by atoms with E-state index < -0.39 is 31.0 Å². The Morgan fingerprint density at radius 2 is 1.87 bits per heavy atom. The third-order valence-electron chi connectivity index (χ3n) is 5.79. The highest BCUT2D eigenvalue weighted by molar-refractivity contribution is 6.30. The second kappa shape index (κ2) is 7.99. The highest BCUT2D eigenvalue weighted by Crippen LogP contribution is 2.46. The van der Waals surface area contributed by atoms with Gasteiger partial charge in [-0.1, -0.05) is 37.6 Å². The second-order valence-electron chi connectivity index (χ2n) is 8.85. The van der Waals surface area contributed by atoms with E-state index in [-0.39, 0.29) is 17.0 Å². The van der Waals surface area contributed by atoms with Crippen LogP contribution in [0.25, 0.3) is 0 Å². The summed E-state index contributed by atoms with van der Waals surface area (Å²) in [5.74, 6) is 0.241. The monoisotopic (exact) mass is 448 g/mol.